The first-order valence-electron chi connectivity index (χ1n) is 6.83. The standard InChI is InChI=1S/C15H16ClNO5S2/c1-21-12(13-7-8-14(16)23-13)9-17-24(19,20)11-5-3-10(4-6-11)15(18)22-2/h3-8,12,17H,9H2,1-2H3/t12-/m0/s1. The predicted molar refractivity (Wildman–Crippen MR) is 92.0 cm³/mol. The van der Waals surface area contributed by atoms with Gasteiger partial charge in [0.2, 0.25) is 10.0 Å². The highest BCUT2D eigenvalue weighted by Crippen LogP contribution is 2.28. The zero-order valence-electron chi connectivity index (χ0n) is 13.0. The van der Waals surface area contributed by atoms with Crippen LogP contribution >= 0.6 is 22.9 Å². The second-order valence-corrected chi connectivity index (χ2v) is 8.25. The average Bonchev–Trinajstić information content (AvgIpc) is 3.01. The van der Waals surface area contributed by atoms with Crippen molar-refractivity contribution in [1.29, 1.82) is 0 Å². The lowest BCUT2D eigenvalue weighted by Gasteiger charge is -2.15. The molecule has 2 aromatic rings. The number of halogens is 1. The number of carbonyl (C=O) groups excluding carboxylic acids is 1. The summed E-state index contributed by atoms with van der Waals surface area (Å²) in [6.45, 7) is 0.0639. The van der Waals surface area contributed by atoms with E-state index in [-0.39, 0.29) is 17.0 Å². The highest BCUT2D eigenvalue weighted by atomic mass is 35.5. The van der Waals surface area contributed by atoms with E-state index in [1.807, 2.05) is 0 Å². The lowest BCUT2D eigenvalue weighted by molar-refractivity contribution is 0.0600. The minimum atomic E-state index is -3.73. The van der Waals surface area contributed by atoms with Crippen LogP contribution in [0.3, 0.4) is 0 Å². The van der Waals surface area contributed by atoms with Gasteiger partial charge in [-0.3, -0.25) is 0 Å². The molecule has 1 N–H and O–H groups in total. The SMILES string of the molecule is COC(=O)c1ccc(S(=O)(=O)NC[C@H](OC)c2ccc(Cl)s2)cc1. The Morgan fingerprint density at radius 1 is 1.21 bits per heavy atom. The number of methoxy groups -OCH3 is 2. The molecule has 0 radical (unpaired) electrons. The van der Waals surface area contributed by atoms with E-state index in [0.29, 0.717) is 4.34 Å². The number of nitrogens with one attached hydrogen (secondary N) is 1. The molecule has 0 saturated carbocycles. The van der Waals surface area contributed by atoms with Gasteiger partial charge < -0.3 is 9.47 Å². The van der Waals surface area contributed by atoms with Crippen molar-refractivity contribution in [2.75, 3.05) is 20.8 Å². The molecule has 1 aromatic heterocycles. The van der Waals surface area contributed by atoms with Gasteiger partial charge in [-0.1, -0.05) is 11.6 Å². The molecule has 0 aliphatic carbocycles. The maximum absolute atomic E-state index is 12.3. The van der Waals surface area contributed by atoms with Gasteiger partial charge in [0, 0.05) is 18.5 Å². The molecule has 130 valence electrons. The summed E-state index contributed by atoms with van der Waals surface area (Å²) >= 11 is 7.21. The minimum absolute atomic E-state index is 0.0502. The van der Waals surface area contributed by atoms with Crippen LogP contribution < -0.4 is 4.72 Å². The van der Waals surface area contributed by atoms with Crippen molar-refractivity contribution in [3.63, 3.8) is 0 Å². The normalized spacial score (nSPS) is 12.8. The van der Waals surface area contributed by atoms with Crippen molar-refractivity contribution >= 4 is 38.9 Å². The van der Waals surface area contributed by atoms with Crippen LogP contribution in [0.5, 0.6) is 0 Å². The summed E-state index contributed by atoms with van der Waals surface area (Å²) in [5, 5.41) is 0. The van der Waals surface area contributed by atoms with E-state index < -0.39 is 22.1 Å². The van der Waals surface area contributed by atoms with Gasteiger partial charge in [0.15, 0.2) is 0 Å². The lowest BCUT2D eigenvalue weighted by Crippen LogP contribution is -2.29. The van der Waals surface area contributed by atoms with Gasteiger partial charge in [-0.25, -0.2) is 17.9 Å². The van der Waals surface area contributed by atoms with Gasteiger partial charge >= 0.3 is 5.97 Å². The van der Waals surface area contributed by atoms with Crippen molar-refractivity contribution in [2.24, 2.45) is 0 Å². The highest BCUT2D eigenvalue weighted by Gasteiger charge is 2.19. The number of sulfonamides is 1. The van der Waals surface area contributed by atoms with E-state index in [9.17, 15) is 13.2 Å². The molecule has 0 bridgehead atoms. The van der Waals surface area contributed by atoms with E-state index >= 15 is 0 Å². The van der Waals surface area contributed by atoms with Gasteiger partial charge in [0.25, 0.3) is 0 Å². The third-order valence-electron chi connectivity index (χ3n) is 3.24. The molecule has 0 fully saturated rings. The first-order chi connectivity index (χ1) is 11.4. The molecule has 0 saturated heterocycles. The van der Waals surface area contributed by atoms with Crippen LogP contribution in [0.15, 0.2) is 41.3 Å². The summed E-state index contributed by atoms with van der Waals surface area (Å²) in [7, 11) is -0.968. The van der Waals surface area contributed by atoms with Gasteiger partial charge in [0.05, 0.1) is 21.9 Å². The van der Waals surface area contributed by atoms with E-state index in [4.69, 9.17) is 16.3 Å². The minimum Gasteiger partial charge on any atom is -0.465 e. The molecule has 0 amide bonds. The Kier molecular flexibility index (Phi) is 6.36. The summed E-state index contributed by atoms with van der Waals surface area (Å²) in [6, 6.07) is 9.01. The van der Waals surface area contributed by atoms with E-state index in [1.54, 1.807) is 12.1 Å². The average molecular weight is 390 g/mol. The smallest absolute Gasteiger partial charge is 0.337 e. The van der Waals surface area contributed by atoms with Crippen LogP contribution in [-0.4, -0.2) is 35.2 Å². The first kappa shape index (κ1) is 18.9. The van der Waals surface area contributed by atoms with Crippen LogP contribution in [0.1, 0.15) is 21.3 Å². The van der Waals surface area contributed by atoms with Crippen LogP contribution in [0.25, 0.3) is 0 Å². The molecule has 0 spiro atoms. The summed E-state index contributed by atoms with van der Waals surface area (Å²) < 4.78 is 37.7. The molecule has 1 heterocycles. The van der Waals surface area contributed by atoms with Gasteiger partial charge in [-0.15, -0.1) is 11.3 Å². The van der Waals surface area contributed by atoms with Crippen LogP contribution in [0, 0.1) is 0 Å². The van der Waals surface area contributed by atoms with Crippen molar-refractivity contribution in [3.8, 4) is 0 Å². The maximum atomic E-state index is 12.3. The molecule has 1 aromatic carbocycles. The molecule has 0 aliphatic heterocycles. The van der Waals surface area contributed by atoms with Crippen molar-refractivity contribution in [3.05, 3.63) is 51.2 Å². The maximum Gasteiger partial charge on any atom is 0.337 e. The van der Waals surface area contributed by atoms with Crippen molar-refractivity contribution in [1.82, 2.24) is 4.72 Å². The van der Waals surface area contributed by atoms with Crippen molar-refractivity contribution in [2.45, 2.75) is 11.0 Å². The van der Waals surface area contributed by atoms with Gasteiger partial charge in [0.1, 0.15) is 6.10 Å². The van der Waals surface area contributed by atoms with Gasteiger partial charge in [-0.05, 0) is 36.4 Å². The zero-order chi connectivity index (χ0) is 17.7. The number of esters is 1. The Labute approximate surface area is 149 Å². The summed E-state index contributed by atoms with van der Waals surface area (Å²) in [5.41, 5.74) is 0.277. The fourth-order valence-corrected chi connectivity index (χ4v) is 4.13. The largest absolute Gasteiger partial charge is 0.465 e. The number of thiophene rings is 1. The predicted octanol–water partition coefficient (Wildman–Crippen LogP) is 2.85. The number of benzene rings is 1. The van der Waals surface area contributed by atoms with Crippen LogP contribution in [-0.2, 0) is 19.5 Å². The first-order valence-corrected chi connectivity index (χ1v) is 9.51. The molecule has 0 aliphatic rings. The molecule has 2 rings (SSSR count). The Hall–Kier alpha value is -1.45. The molecule has 1 atom stereocenters. The molecule has 24 heavy (non-hydrogen) atoms. The topological polar surface area (TPSA) is 81.7 Å². The summed E-state index contributed by atoms with van der Waals surface area (Å²) in [6.07, 6.45) is -0.438. The number of carbonyl (C=O) groups is 1. The molecule has 6 nitrogen and oxygen atoms in total. The Morgan fingerprint density at radius 2 is 1.88 bits per heavy atom. The zero-order valence-corrected chi connectivity index (χ0v) is 15.4. The van der Waals surface area contributed by atoms with E-state index in [2.05, 4.69) is 9.46 Å². The van der Waals surface area contributed by atoms with E-state index in [1.165, 1.54) is 49.8 Å². The lowest BCUT2D eigenvalue weighted by atomic mass is 10.2. The number of hydrogen-bond donors (Lipinski definition) is 1. The Morgan fingerprint density at radius 3 is 2.38 bits per heavy atom. The third-order valence-corrected chi connectivity index (χ3v) is 6.00. The van der Waals surface area contributed by atoms with Crippen molar-refractivity contribution < 1.29 is 22.7 Å². The summed E-state index contributed by atoms with van der Waals surface area (Å²) in [4.78, 5) is 12.2. The fraction of sp³-hybridized carbons (Fsp3) is 0.267. The molecular formula is C15H16ClNO5S2. The molecular weight excluding hydrogens is 374 g/mol. The molecule has 9 heteroatoms. The van der Waals surface area contributed by atoms with Crippen LogP contribution in [0.4, 0.5) is 0 Å². The second kappa shape index (κ2) is 8.09. The van der Waals surface area contributed by atoms with Gasteiger partial charge in [-0.2, -0.15) is 0 Å². The number of rotatable bonds is 7. The highest BCUT2D eigenvalue weighted by molar-refractivity contribution is 7.89. The fourth-order valence-electron chi connectivity index (χ4n) is 1.96. The monoisotopic (exact) mass is 389 g/mol. The van der Waals surface area contributed by atoms with Crippen LogP contribution in [0.2, 0.25) is 4.34 Å². The summed E-state index contributed by atoms with van der Waals surface area (Å²) in [5.74, 6) is -0.527. The Balaban J connectivity index is 2.08. The number of ether oxygens (including phenoxy) is 2. The molecule has 0 unspecified atom stereocenters. The third kappa shape index (κ3) is 4.55. The quantitative estimate of drug-likeness (QED) is 0.736. The Bertz CT molecular complexity index is 802. The van der Waals surface area contributed by atoms with E-state index in [0.717, 1.165) is 4.88 Å². The second-order valence-electron chi connectivity index (χ2n) is 4.73. The number of hydrogen-bond acceptors (Lipinski definition) is 6.